The van der Waals surface area contributed by atoms with Gasteiger partial charge in [0.15, 0.2) is 0 Å². The van der Waals surface area contributed by atoms with Crippen molar-refractivity contribution in [2.45, 2.75) is 18.2 Å². The van der Waals surface area contributed by atoms with Crippen molar-refractivity contribution < 1.29 is 13.5 Å². The normalized spacial score (nSPS) is 11.2. The summed E-state index contributed by atoms with van der Waals surface area (Å²) in [7, 11) is -3.56. The van der Waals surface area contributed by atoms with Crippen molar-refractivity contribution >= 4 is 10.0 Å². The van der Waals surface area contributed by atoms with Crippen molar-refractivity contribution in [2.75, 3.05) is 26.2 Å². The molecule has 0 aromatic heterocycles. The first kappa shape index (κ1) is 16.7. The van der Waals surface area contributed by atoms with Gasteiger partial charge in [-0.25, -0.2) is 8.42 Å². The summed E-state index contributed by atoms with van der Waals surface area (Å²) in [6, 6.07) is 6.35. The fourth-order valence-electron chi connectivity index (χ4n) is 1.73. The lowest BCUT2D eigenvalue weighted by molar-refractivity contribution is 0.253. The van der Waals surface area contributed by atoms with Crippen LogP contribution in [0.15, 0.2) is 29.2 Å². The van der Waals surface area contributed by atoms with Crippen LogP contribution >= 0.6 is 0 Å². The van der Waals surface area contributed by atoms with Gasteiger partial charge < -0.3 is 10.8 Å². The third kappa shape index (κ3) is 4.32. The average molecular weight is 296 g/mol. The summed E-state index contributed by atoms with van der Waals surface area (Å²) >= 11 is 0. The van der Waals surface area contributed by atoms with E-state index in [0.29, 0.717) is 13.0 Å². The summed E-state index contributed by atoms with van der Waals surface area (Å²) in [5.74, 6) is 5.55. The monoisotopic (exact) mass is 296 g/mol. The van der Waals surface area contributed by atoms with Crippen LogP contribution in [0.4, 0.5) is 0 Å². The summed E-state index contributed by atoms with van der Waals surface area (Å²) < 4.78 is 26.1. The molecule has 5 nitrogen and oxygen atoms in total. The molecule has 0 heterocycles. The first-order valence-corrected chi connectivity index (χ1v) is 7.90. The highest BCUT2D eigenvalue weighted by Crippen LogP contribution is 2.16. The van der Waals surface area contributed by atoms with E-state index < -0.39 is 10.0 Å². The van der Waals surface area contributed by atoms with Crippen molar-refractivity contribution in [2.24, 2.45) is 5.73 Å². The number of aliphatic hydroxyl groups excluding tert-OH is 1. The number of nitrogens with two attached hydrogens (primary N) is 1. The molecule has 1 aromatic rings. The van der Waals surface area contributed by atoms with Crippen LogP contribution in [0.1, 0.15) is 18.9 Å². The molecule has 0 spiro atoms. The molecule has 0 amide bonds. The first-order chi connectivity index (χ1) is 9.56. The van der Waals surface area contributed by atoms with E-state index in [-0.39, 0.29) is 24.6 Å². The average Bonchev–Trinajstić information content (AvgIpc) is 2.45. The summed E-state index contributed by atoms with van der Waals surface area (Å²) in [4.78, 5) is 0.206. The minimum atomic E-state index is -3.56. The van der Waals surface area contributed by atoms with Gasteiger partial charge >= 0.3 is 0 Å². The number of sulfonamides is 1. The Bertz CT molecular complexity index is 565. The summed E-state index contributed by atoms with van der Waals surface area (Å²) in [5.41, 5.74) is 6.00. The van der Waals surface area contributed by atoms with Crippen LogP contribution in [-0.2, 0) is 10.0 Å². The molecule has 0 saturated carbocycles. The van der Waals surface area contributed by atoms with E-state index in [9.17, 15) is 8.42 Å². The Morgan fingerprint density at radius 3 is 2.40 bits per heavy atom. The maximum atomic E-state index is 12.4. The Morgan fingerprint density at radius 2 is 1.90 bits per heavy atom. The third-order valence-corrected chi connectivity index (χ3v) is 4.56. The Kier molecular flexibility index (Phi) is 6.68. The predicted molar refractivity (Wildman–Crippen MR) is 78.5 cm³/mol. The van der Waals surface area contributed by atoms with Crippen LogP contribution in [0.5, 0.6) is 0 Å². The van der Waals surface area contributed by atoms with Gasteiger partial charge in [-0.1, -0.05) is 18.8 Å². The van der Waals surface area contributed by atoms with Gasteiger partial charge in [-0.3, -0.25) is 0 Å². The lowest BCUT2D eigenvalue weighted by Gasteiger charge is -2.20. The maximum absolute atomic E-state index is 12.4. The number of benzene rings is 1. The molecule has 0 radical (unpaired) electrons. The van der Waals surface area contributed by atoms with E-state index >= 15 is 0 Å². The molecule has 3 N–H and O–H groups in total. The maximum Gasteiger partial charge on any atom is 0.243 e. The van der Waals surface area contributed by atoms with Gasteiger partial charge in [-0.2, -0.15) is 4.31 Å². The van der Waals surface area contributed by atoms with Crippen molar-refractivity contribution in [3.63, 3.8) is 0 Å². The van der Waals surface area contributed by atoms with E-state index in [1.807, 2.05) is 6.92 Å². The SMILES string of the molecule is CCCN(CCO)S(=O)(=O)c1ccc(C#CCN)cc1. The van der Waals surface area contributed by atoms with Crippen LogP contribution in [0, 0.1) is 11.8 Å². The predicted octanol–water partition coefficient (Wildman–Crippen LogP) is 0.390. The van der Waals surface area contributed by atoms with Gasteiger partial charge in [0.1, 0.15) is 0 Å². The van der Waals surface area contributed by atoms with Gasteiger partial charge in [0, 0.05) is 18.7 Å². The van der Waals surface area contributed by atoms with Gasteiger partial charge in [0.25, 0.3) is 0 Å². The van der Waals surface area contributed by atoms with E-state index in [2.05, 4.69) is 11.8 Å². The van der Waals surface area contributed by atoms with E-state index in [1.165, 1.54) is 16.4 Å². The second-order valence-electron chi connectivity index (χ2n) is 4.16. The zero-order valence-corrected chi connectivity index (χ0v) is 12.4. The molecule has 0 saturated heterocycles. The van der Waals surface area contributed by atoms with Crippen LogP contribution in [0.2, 0.25) is 0 Å². The fraction of sp³-hybridized carbons (Fsp3) is 0.429. The molecule has 0 aliphatic heterocycles. The largest absolute Gasteiger partial charge is 0.395 e. The third-order valence-electron chi connectivity index (χ3n) is 2.65. The Labute approximate surface area is 120 Å². The molecule has 0 aliphatic carbocycles. The molecule has 20 heavy (non-hydrogen) atoms. The van der Waals surface area contributed by atoms with Crippen LogP contribution < -0.4 is 5.73 Å². The molecule has 110 valence electrons. The molecular formula is C14H20N2O3S. The van der Waals surface area contributed by atoms with Gasteiger partial charge in [0.2, 0.25) is 10.0 Å². The number of rotatable bonds is 6. The van der Waals surface area contributed by atoms with Crippen molar-refractivity contribution in [3.05, 3.63) is 29.8 Å². The fourth-order valence-corrected chi connectivity index (χ4v) is 3.25. The molecule has 0 aliphatic rings. The number of nitrogens with zero attached hydrogens (tertiary/aromatic N) is 1. The summed E-state index contributed by atoms with van der Waals surface area (Å²) in [6.45, 7) is 2.45. The second-order valence-corrected chi connectivity index (χ2v) is 6.10. The summed E-state index contributed by atoms with van der Waals surface area (Å²) in [5, 5.41) is 8.98. The highest BCUT2D eigenvalue weighted by Gasteiger charge is 2.22. The molecule has 0 atom stereocenters. The van der Waals surface area contributed by atoms with Crippen LogP contribution in [0.25, 0.3) is 0 Å². The van der Waals surface area contributed by atoms with Gasteiger partial charge in [0.05, 0.1) is 18.0 Å². The van der Waals surface area contributed by atoms with E-state index in [0.717, 1.165) is 5.56 Å². The highest BCUT2D eigenvalue weighted by molar-refractivity contribution is 7.89. The zero-order valence-electron chi connectivity index (χ0n) is 11.5. The molecule has 1 rings (SSSR count). The number of aliphatic hydroxyl groups is 1. The molecule has 6 heteroatoms. The minimum absolute atomic E-state index is 0.102. The molecule has 0 bridgehead atoms. The van der Waals surface area contributed by atoms with Crippen molar-refractivity contribution in [3.8, 4) is 11.8 Å². The Morgan fingerprint density at radius 1 is 1.25 bits per heavy atom. The quantitative estimate of drug-likeness (QED) is 0.744. The van der Waals surface area contributed by atoms with Crippen LogP contribution in [0.3, 0.4) is 0 Å². The smallest absolute Gasteiger partial charge is 0.243 e. The van der Waals surface area contributed by atoms with Crippen molar-refractivity contribution in [1.29, 1.82) is 0 Å². The zero-order chi connectivity index (χ0) is 15.0. The van der Waals surface area contributed by atoms with Gasteiger partial charge in [-0.15, -0.1) is 0 Å². The van der Waals surface area contributed by atoms with Crippen molar-refractivity contribution in [1.82, 2.24) is 4.31 Å². The Balaban J connectivity index is 3.02. The molecular weight excluding hydrogens is 276 g/mol. The minimum Gasteiger partial charge on any atom is -0.395 e. The standard InChI is InChI=1S/C14H20N2O3S/c1-2-10-16(11-12-17)20(18,19)14-7-5-13(6-8-14)4-3-9-15/h5-8,17H,2,9-12,15H2,1H3. The molecule has 0 fully saturated rings. The lowest BCUT2D eigenvalue weighted by Crippen LogP contribution is -2.34. The molecule has 1 aromatic carbocycles. The first-order valence-electron chi connectivity index (χ1n) is 6.46. The van der Waals surface area contributed by atoms with E-state index in [4.69, 9.17) is 10.8 Å². The van der Waals surface area contributed by atoms with Gasteiger partial charge in [-0.05, 0) is 30.7 Å². The second kappa shape index (κ2) is 8.02. The van der Waals surface area contributed by atoms with E-state index in [1.54, 1.807) is 12.1 Å². The summed E-state index contributed by atoms with van der Waals surface area (Å²) in [6.07, 6.45) is 0.694. The number of hydrogen-bond acceptors (Lipinski definition) is 4. The topological polar surface area (TPSA) is 83.6 Å². The highest BCUT2D eigenvalue weighted by atomic mass is 32.2. The number of hydrogen-bond donors (Lipinski definition) is 2. The lowest BCUT2D eigenvalue weighted by atomic mass is 10.2. The molecule has 0 unspecified atom stereocenters. The Hall–Kier alpha value is -1.39. The van der Waals surface area contributed by atoms with Crippen LogP contribution in [-0.4, -0.2) is 44.1 Å².